The molecule has 0 bridgehead atoms. The van der Waals surface area contributed by atoms with Gasteiger partial charge in [0, 0.05) is 28.0 Å². The lowest BCUT2D eigenvalue weighted by Crippen LogP contribution is -2.32. The fourth-order valence-corrected chi connectivity index (χ4v) is 3.02. The second-order valence-electron chi connectivity index (χ2n) is 5.50. The fourth-order valence-electron chi connectivity index (χ4n) is 2.90. The molecule has 5 heteroatoms. The first kappa shape index (κ1) is 14.7. The van der Waals surface area contributed by atoms with E-state index in [-0.39, 0.29) is 12.1 Å². The molecule has 0 saturated heterocycles. The Morgan fingerprint density at radius 2 is 1.71 bits per heavy atom. The van der Waals surface area contributed by atoms with Crippen LogP contribution in [0.15, 0.2) is 72.9 Å². The Labute approximate surface area is 144 Å². The predicted octanol–water partition coefficient (Wildman–Crippen LogP) is 4.51. The number of nitrogens with zero attached hydrogens (tertiary/aromatic N) is 2. The summed E-state index contributed by atoms with van der Waals surface area (Å²) in [5.74, 6) is 0.556. The van der Waals surface area contributed by atoms with Crippen molar-refractivity contribution >= 4 is 29.0 Å². The number of carbonyl (C=O) groups is 1. The van der Waals surface area contributed by atoms with Crippen molar-refractivity contribution in [1.29, 1.82) is 0 Å². The fraction of sp³-hybridized carbons (Fsp3) is 0.0526. The number of pyridine rings is 1. The number of benzene rings is 2. The van der Waals surface area contributed by atoms with E-state index < -0.39 is 0 Å². The van der Waals surface area contributed by atoms with Gasteiger partial charge in [0.25, 0.3) is 5.91 Å². The Hall–Kier alpha value is -2.85. The molecule has 3 aromatic rings. The first-order valence-electron chi connectivity index (χ1n) is 7.60. The number of aromatic nitrogens is 1. The molecular weight excluding hydrogens is 322 g/mol. The van der Waals surface area contributed by atoms with Crippen LogP contribution in [0, 0.1) is 0 Å². The molecule has 1 aliphatic heterocycles. The minimum Gasteiger partial charge on any atom is -0.361 e. The molecule has 4 rings (SSSR count). The number of carbonyl (C=O) groups excluding carboxylic acids is 1. The van der Waals surface area contributed by atoms with Gasteiger partial charge in [-0.3, -0.25) is 9.69 Å². The van der Waals surface area contributed by atoms with Gasteiger partial charge in [-0.25, -0.2) is 4.98 Å². The summed E-state index contributed by atoms with van der Waals surface area (Å²) in [5.41, 5.74) is 2.51. The van der Waals surface area contributed by atoms with Crippen molar-refractivity contribution in [2.24, 2.45) is 0 Å². The molecule has 118 valence electrons. The highest BCUT2D eigenvalue weighted by molar-refractivity contribution is 6.30. The first-order valence-corrected chi connectivity index (χ1v) is 7.97. The summed E-state index contributed by atoms with van der Waals surface area (Å²) in [5, 5.41) is 4.08. The maximum absolute atomic E-state index is 12.9. The Balaban J connectivity index is 1.77. The summed E-state index contributed by atoms with van der Waals surface area (Å²) < 4.78 is 0. The Bertz CT molecular complexity index is 881. The monoisotopic (exact) mass is 335 g/mol. The zero-order chi connectivity index (χ0) is 16.5. The second-order valence-corrected chi connectivity index (χ2v) is 5.94. The van der Waals surface area contributed by atoms with Crippen molar-refractivity contribution in [1.82, 2.24) is 4.98 Å². The minimum atomic E-state index is -0.315. The minimum absolute atomic E-state index is 0.0595. The number of hydrogen-bond acceptors (Lipinski definition) is 3. The standard InChI is InChI=1S/C19H14ClN3O/c20-13-8-10-14(11-9-13)22-18-15-5-1-2-6-16(15)19(24)23(18)17-7-3-4-12-21-17/h1-12,18,22H/t18-/m0/s1. The molecule has 4 nitrogen and oxygen atoms in total. The van der Waals surface area contributed by atoms with Gasteiger partial charge in [-0.05, 0) is 42.5 Å². The number of rotatable bonds is 3. The van der Waals surface area contributed by atoms with E-state index in [9.17, 15) is 4.79 Å². The third-order valence-corrected chi connectivity index (χ3v) is 4.26. The van der Waals surface area contributed by atoms with Gasteiger partial charge in [0.05, 0.1) is 0 Å². The number of nitrogens with one attached hydrogen (secondary N) is 1. The molecule has 2 aromatic carbocycles. The highest BCUT2D eigenvalue weighted by atomic mass is 35.5. The van der Waals surface area contributed by atoms with Gasteiger partial charge in [-0.15, -0.1) is 0 Å². The highest BCUT2D eigenvalue weighted by Gasteiger charge is 2.38. The number of fused-ring (bicyclic) bond motifs is 1. The SMILES string of the molecule is O=C1c2ccccc2[C@@H](Nc2ccc(Cl)cc2)N1c1ccccn1. The number of amides is 1. The zero-order valence-electron chi connectivity index (χ0n) is 12.7. The van der Waals surface area contributed by atoms with Crippen LogP contribution in [-0.2, 0) is 0 Å². The van der Waals surface area contributed by atoms with E-state index in [0.29, 0.717) is 16.4 Å². The van der Waals surface area contributed by atoms with Crippen molar-refractivity contribution < 1.29 is 4.79 Å². The van der Waals surface area contributed by atoms with Gasteiger partial charge in [-0.2, -0.15) is 0 Å². The summed E-state index contributed by atoms with van der Waals surface area (Å²) in [7, 11) is 0. The predicted molar refractivity (Wildman–Crippen MR) is 95.3 cm³/mol. The highest BCUT2D eigenvalue weighted by Crippen LogP contribution is 2.37. The number of anilines is 2. The smallest absolute Gasteiger partial charge is 0.261 e. The van der Waals surface area contributed by atoms with E-state index in [1.165, 1.54) is 0 Å². The molecule has 0 aliphatic carbocycles. The summed E-state index contributed by atoms with van der Waals surface area (Å²) in [6, 6.07) is 20.6. The molecule has 0 radical (unpaired) electrons. The zero-order valence-corrected chi connectivity index (χ0v) is 13.4. The topological polar surface area (TPSA) is 45.2 Å². The molecule has 0 spiro atoms. The van der Waals surface area contributed by atoms with Gasteiger partial charge in [0.1, 0.15) is 12.0 Å². The number of halogens is 1. The van der Waals surface area contributed by atoms with Gasteiger partial charge in [0.15, 0.2) is 0 Å². The van der Waals surface area contributed by atoms with Crippen molar-refractivity contribution in [2.75, 3.05) is 10.2 Å². The Morgan fingerprint density at radius 3 is 2.46 bits per heavy atom. The molecule has 0 fully saturated rings. The summed E-state index contributed by atoms with van der Waals surface area (Å²) in [6.07, 6.45) is 1.37. The maximum atomic E-state index is 12.9. The van der Waals surface area contributed by atoms with E-state index in [2.05, 4.69) is 10.3 Å². The molecule has 1 aliphatic rings. The van der Waals surface area contributed by atoms with Gasteiger partial charge < -0.3 is 5.32 Å². The van der Waals surface area contributed by atoms with Gasteiger partial charge in [-0.1, -0.05) is 35.9 Å². The molecule has 1 aromatic heterocycles. The van der Waals surface area contributed by atoms with E-state index in [4.69, 9.17) is 11.6 Å². The molecule has 1 amide bonds. The van der Waals surface area contributed by atoms with Crippen LogP contribution >= 0.6 is 11.6 Å². The third kappa shape index (κ3) is 2.51. The molecule has 1 N–H and O–H groups in total. The molecule has 1 atom stereocenters. The second kappa shape index (κ2) is 5.98. The van der Waals surface area contributed by atoms with E-state index in [1.807, 2.05) is 66.7 Å². The number of hydrogen-bond donors (Lipinski definition) is 1. The largest absolute Gasteiger partial charge is 0.361 e. The van der Waals surface area contributed by atoms with Crippen LogP contribution in [0.3, 0.4) is 0 Å². The average Bonchev–Trinajstić information content (AvgIpc) is 2.90. The molecule has 0 unspecified atom stereocenters. The lowest BCUT2D eigenvalue weighted by atomic mass is 10.1. The quantitative estimate of drug-likeness (QED) is 0.766. The molecule has 24 heavy (non-hydrogen) atoms. The van der Waals surface area contributed by atoms with E-state index >= 15 is 0 Å². The van der Waals surface area contributed by atoms with Crippen LogP contribution in [-0.4, -0.2) is 10.9 Å². The lowest BCUT2D eigenvalue weighted by Gasteiger charge is -2.26. The molecular formula is C19H14ClN3O. The van der Waals surface area contributed by atoms with Crippen LogP contribution in [0.2, 0.25) is 5.02 Å². The molecule has 2 heterocycles. The average molecular weight is 336 g/mol. The summed E-state index contributed by atoms with van der Waals surface area (Å²) in [6.45, 7) is 0. The van der Waals surface area contributed by atoms with Crippen molar-refractivity contribution in [3.05, 3.63) is 89.1 Å². The van der Waals surface area contributed by atoms with Crippen LogP contribution in [0.4, 0.5) is 11.5 Å². The van der Waals surface area contributed by atoms with Crippen molar-refractivity contribution in [3.8, 4) is 0 Å². The first-order chi connectivity index (χ1) is 11.7. The van der Waals surface area contributed by atoms with Crippen molar-refractivity contribution in [2.45, 2.75) is 6.17 Å². The van der Waals surface area contributed by atoms with Crippen LogP contribution in [0.25, 0.3) is 0 Å². The van der Waals surface area contributed by atoms with E-state index in [0.717, 1.165) is 11.3 Å². The van der Waals surface area contributed by atoms with Gasteiger partial charge >= 0.3 is 0 Å². The normalized spacial score (nSPS) is 16.1. The Morgan fingerprint density at radius 1 is 0.958 bits per heavy atom. The lowest BCUT2D eigenvalue weighted by molar-refractivity contribution is 0.0992. The van der Waals surface area contributed by atoms with Gasteiger partial charge in [0.2, 0.25) is 0 Å². The molecule has 0 saturated carbocycles. The summed E-state index contributed by atoms with van der Waals surface area (Å²) >= 11 is 5.95. The Kier molecular flexibility index (Phi) is 3.67. The van der Waals surface area contributed by atoms with E-state index in [1.54, 1.807) is 11.1 Å². The maximum Gasteiger partial charge on any atom is 0.261 e. The van der Waals surface area contributed by atoms with Crippen molar-refractivity contribution in [3.63, 3.8) is 0 Å². The third-order valence-electron chi connectivity index (χ3n) is 4.01. The summed E-state index contributed by atoms with van der Waals surface area (Å²) in [4.78, 5) is 18.9. The van der Waals surface area contributed by atoms with Crippen LogP contribution in [0.1, 0.15) is 22.1 Å². The van der Waals surface area contributed by atoms with Crippen LogP contribution in [0.5, 0.6) is 0 Å². The van der Waals surface area contributed by atoms with Crippen LogP contribution < -0.4 is 10.2 Å².